The van der Waals surface area contributed by atoms with E-state index in [1.54, 1.807) is 0 Å². The molecular weight excluding hydrogens is 446 g/mol. The molecule has 1 heteroatoms. The van der Waals surface area contributed by atoms with Crippen molar-refractivity contribution in [2.45, 2.75) is 6.42 Å². The molecule has 1 heterocycles. The van der Waals surface area contributed by atoms with Crippen molar-refractivity contribution in [1.29, 1.82) is 0 Å². The molecule has 7 rings (SSSR count). The van der Waals surface area contributed by atoms with E-state index >= 15 is 0 Å². The molecule has 174 valence electrons. The van der Waals surface area contributed by atoms with Gasteiger partial charge in [0.05, 0.1) is 11.2 Å². The number of pyridine rings is 1. The molecule has 0 radical (unpaired) electrons. The molecule has 0 N–H and O–H groups in total. The van der Waals surface area contributed by atoms with E-state index in [4.69, 9.17) is 4.98 Å². The summed E-state index contributed by atoms with van der Waals surface area (Å²) in [5.74, 6) is 0. The average molecular weight is 472 g/mol. The van der Waals surface area contributed by atoms with Gasteiger partial charge in [-0.05, 0) is 68.3 Å². The Kier molecular flexibility index (Phi) is 5.08. The second kappa shape index (κ2) is 8.72. The number of hydrogen-bond donors (Lipinski definition) is 0. The Morgan fingerprint density at radius 3 is 2.22 bits per heavy atom. The molecule has 0 aliphatic heterocycles. The van der Waals surface area contributed by atoms with Crippen LogP contribution in [0.4, 0.5) is 0 Å². The number of benzene rings is 5. The van der Waals surface area contributed by atoms with Crippen molar-refractivity contribution in [3.63, 3.8) is 0 Å². The van der Waals surface area contributed by atoms with Gasteiger partial charge in [-0.3, -0.25) is 0 Å². The molecule has 0 unspecified atom stereocenters. The molecule has 0 saturated heterocycles. The number of hydrogen-bond acceptors (Lipinski definition) is 1. The minimum atomic E-state index is 0.903. The third-order valence-corrected chi connectivity index (χ3v) is 7.39. The third kappa shape index (κ3) is 3.68. The van der Waals surface area contributed by atoms with Crippen molar-refractivity contribution in [3.8, 4) is 33.5 Å². The Morgan fingerprint density at radius 1 is 0.622 bits per heavy atom. The lowest BCUT2D eigenvalue weighted by atomic mass is 9.86. The smallest absolute Gasteiger partial charge is 0.0722 e. The maximum Gasteiger partial charge on any atom is 0.0722 e. The molecule has 5 aromatic carbocycles. The molecule has 0 saturated carbocycles. The minimum Gasteiger partial charge on any atom is -0.248 e. The van der Waals surface area contributed by atoms with Crippen LogP contribution in [0, 0.1) is 0 Å². The van der Waals surface area contributed by atoms with Gasteiger partial charge in [0, 0.05) is 10.9 Å². The lowest BCUT2D eigenvalue weighted by Crippen LogP contribution is -1.96. The van der Waals surface area contributed by atoms with Crippen LogP contribution in [0.25, 0.3) is 66.8 Å². The van der Waals surface area contributed by atoms with E-state index in [9.17, 15) is 0 Å². The summed E-state index contributed by atoms with van der Waals surface area (Å²) in [4.78, 5) is 5.09. The summed E-state index contributed by atoms with van der Waals surface area (Å²) in [5.41, 5.74) is 11.7. The van der Waals surface area contributed by atoms with E-state index in [1.165, 1.54) is 55.1 Å². The van der Waals surface area contributed by atoms with E-state index in [-0.39, 0.29) is 0 Å². The highest BCUT2D eigenvalue weighted by Gasteiger charge is 2.16. The molecule has 0 amide bonds. The lowest BCUT2D eigenvalue weighted by Gasteiger charge is -2.18. The zero-order chi connectivity index (χ0) is 24.8. The van der Waals surface area contributed by atoms with E-state index < -0.39 is 0 Å². The van der Waals surface area contributed by atoms with Crippen molar-refractivity contribution in [2.75, 3.05) is 0 Å². The SMILES string of the molecule is C=C1CC=Cc2cccc(-c3ccc(-c4cc(-c5ccccc5)nc5ccc6ccccc6c45)cc3)c21. The summed E-state index contributed by atoms with van der Waals surface area (Å²) in [6.45, 7) is 4.35. The molecule has 6 aromatic rings. The van der Waals surface area contributed by atoms with Crippen LogP contribution in [0.5, 0.6) is 0 Å². The van der Waals surface area contributed by atoms with Gasteiger partial charge < -0.3 is 0 Å². The summed E-state index contributed by atoms with van der Waals surface area (Å²) in [5, 5.41) is 3.65. The fourth-order valence-electron chi connectivity index (χ4n) is 5.60. The first kappa shape index (κ1) is 21.5. The number of nitrogens with zero attached hydrogens (tertiary/aromatic N) is 1. The van der Waals surface area contributed by atoms with E-state index in [0.29, 0.717) is 0 Å². The summed E-state index contributed by atoms with van der Waals surface area (Å²) >= 11 is 0. The molecule has 1 aliphatic rings. The van der Waals surface area contributed by atoms with Crippen molar-refractivity contribution in [2.24, 2.45) is 0 Å². The molecule has 1 aliphatic carbocycles. The maximum absolute atomic E-state index is 5.09. The predicted molar refractivity (Wildman–Crippen MR) is 158 cm³/mol. The van der Waals surface area contributed by atoms with Gasteiger partial charge in [0.15, 0.2) is 0 Å². The number of allylic oxidation sites excluding steroid dienone is 2. The van der Waals surface area contributed by atoms with Gasteiger partial charge in [0.1, 0.15) is 0 Å². The number of aromatic nitrogens is 1. The van der Waals surface area contributed by atoms with E-state index in [1.807, 2.05) is 6.07 Å². The maximum atomic E-state index is 5.09. The average Bonchev–Trinajstić information content (AvgIpc) is 2.97. The van der Waals surface area contributed by atoms with Gasteiger partial charge in [-0.1, -0.05) is 122 Å². The highest BCUT2D eigenvalue weighted by atomic mass is 14.7. The second-order valence-corrected chi connectivity index (χ2v) is 9.66. The molecule has 1 nitrogen and oxygen atoms in total. The van der Waals surface area contributed by atoms with Crippen LogP contribution in [0.3, 0.4) is 0 Å². The van der Waals surface area contributed by atoms with Crippen molar-refractivity contribution >= 4 is 33.3 Å². The second-order valence-electron chi connectivity index (χ2n) is 9.66. The topological polar surface area (TPSA) is 12.9 Å². The fraction of sp³-hybridized carbons (Fsp3) is 0.0278. The molecule has 0 bridgehead atoms. The van der Waals surface area contributed by atoms with Gasteiger partial charge in [0.2, 0.25) is 0 Å². The predicted octanol–water partition coefficient (Wildman–Crippen LogP) is 9.82. The summed E-state index contributed by atoms with van der Waals surface area (Å²) < 4.78 is 0. The van der Waals surface area contributed by atoms with Crippen LogP contribution in [0.15, 0.2) is 128 Å². The van der Waals surface area contributed by atoms with Crippen LogP contribution >= 0.6 is 0 Å². The Labute approximate surface area is 217 Å². The van der Waals surface area contributed by atoms with Gasteiger partial charge in [-0.15, -0.1) is 0 Å². The largest absolute Gasteiger partial charge is 0.248 e. The Hall–Kier alpha value is -4.75. The Balaban J connectivity index is 1.43. The first-order valence-corrected chi connectivity index (χ1v) is 12.7. The molecule has 0 atom stereocenters. The van der Waals surface area contributed by atoms with E-state index in [0.717, 1.165) is 23.2 Å². The molecule has 37 heavy (non-hydrogen) atoms. The number of rotatable bonds is 3. The van der Waals surface area contributed by atoms with Gasteiger partial charge in [-0.25, -0.2) is 4.98 Å². The Bertz CT molecular complexity index is 1840. The zero-order valence-corrected chi connectivity index (χ0v) is 20.5. The molecule has 0 fully saturated rings. The van der Waals surface area contributed by atoms with E-state index in [2.05, 4.69) is 128 Å². The van der Waals surface area contributed by atoms with Gasteiger partial charge in [-0.2, -0.15) is 0 Å². The van der Waals surface area contributed by atoms with Crippen molar-refractivity contribution < 1.29 is 0 Å². The first-order valence-electron chi connectivity index (χ1n) is 12.7. The van der Waals surface area contributed by atoms with Crippen molar-refractivity contribution in [3.05, 3.63) is 139 Å². The highest BCUT2D eigenvalue weighted by Crippen LogP contribution is 2.39. The Morgan fingerprint density at radius 2 is 1.38 bits per heavy atom. The third-order valence-electron chi connectivity index (χ3n) is 7.39. The quantitative estimate of drug-likeness (QED) is 0.234. The fourth-order valence-corrected chi connectivity index (χ4v) is 5.60. The molecule has 1 aromatic heterocycles. The summed E-state index contributed by atoms with van der Waals surface area (Å²) in [6.07, 6.45) is 5.31. The van der Waals surface area contributed by atoms with Crippen LogP contribution < -0.4 is 0 Å². The lowest BCUT2D eigenvalue weighted by molar-refractivity contribution is 1.36. The minimum absolute atomic E-state index is 0.903. The normalized spacial score (nSPS) is 12.7. The van der Waals surface area contributed by atoms with Crippen LogP contribution in [0.1, 0.15) is 17.5 Å². The van der Waals surface area contributed by atoms with Crippen LogP contribution in [-0.2, 0) is 0 Å². The van der Waals surface area contributed by atoms with Crippen molar-refractivity contribution in [1.82, 2.24) is 4.98 Å². The number of fused-ring (bicyclic) bond motifs is 4. The van der Waals surface area contributed by atoms with Gasteiger partial charge >= 0.3 is 0 Å². The zero-order valence-electron chi connectivity index (χ0n) is 20.5. The van der Waals surface area contributed by atoms with Gasteiger partial charge in [0.25, 0.3) is 0 Å². The highest BCUT2D eigenvalue weighted by molar-refractivity contribution is 6.13. The van der Waals surface area contributed by atoms with Crippen LogP contribution in [0.2, 0.25) is 0 Å². The summed E-state index contributed by atoms with van der Waals surface area (Å²) in [7, 11) is 0. The summed E-state index contributed by atoms with van der Waals surface area (Å²) in [6, 6.07) is 41.1. The monoisotopic (exact) mass is 471 g/mol. The standard InChI is InChI=1S/C36H25N/c1-24-9-7-13-29-14-8-16-30(35(24)29)26-17-19-27(20-18-26)32-23-34(28-11-3-2-4-12-28)37-33-22-21-25-10-5-6-15-31(25)36(32)33/h2-8,10-23H,1,9H2. The first-order chi connectivity index (χ1) is 18.3. The van der Waals surface area contributed by atoms with Crippen LogP contribution in [-0.4, -0.2) is 4.98 Å². The molecular formula is C36H25N. The molecule has 0 spiro atoms.